The number of benzene rings is 2. The zero-order valence-electron chi connectivity index (χ0n) is 14.4. The maximum atomic E-state index is 13.3. The molecule has 2 aromatic carbocycles. The van der Waals surface area contributed by atoms with Crippen LogP contribution in [0.3, 0.4) is 0 Å². The van der Waals surface area contributed by atoms with Gasteiger partial charge in [0, 0.05) is 18.2 Å². The normalized spacial score (nSPS) is 20.2. The molecule has 2 unspecified atom stereocenters. The molecule has 2 atom stereocenters. The van der Waals surface area contributed by atoms with E-state index in [0.717, 1.165) is 22.9 Å². The molecule has 1 fully saturated rings. The zero-order chi connectivity index (χ0) is 18.5. The Hall–Kier alpha value is -1.80. The Bertz CT molecular complexity index is 805. The van der Waals surface area contributed by atoms with Gasteiger partial charge in [0.05, 0.1) is 12.1 Å². The smallest absolute Gasteiger partial charge is 0.162 e. The molecule has 138 valence electrons. The van der Waals surface area contributed by atoms with Crippen LogP contribution in [0.1, 0.15) is 18.0 Å². The third kappa shape index (κ3) is 4.67. The first kappa shape index (κ1) is 19.0. The molecular weight excluding hydrogens is 375 g/mol. The van der Waals surface area contributed by atoms with Gasteiger partial charge in [-0.1, -0.05) is 35.5 Å². The van der Waals surface area contributed by atoms with Crippen LogP contribution in [0.25, 0.3) is 0 Å². The summed E-state index contributed by atoms with van der Waals surface area (Å²) < 4.78 is 18.6. The second-order valence-corrected chi connectivity index (χ2v) is 6.96. The number of thioether (sulfide) groups is 1. The summed E-state index contributed by atoms with van der Waals surface area (Å²) in [4.78, 5) is 4.69. The molecule has 1 aliphatic rings. The number of nitrogens with one attached hydrogen (secondary N) is 3. The van der Waals surface area contributed by atoms with Crippen molar-refractivity contribution in [2.75, 3.05) is 18.7 Å². The van der Waals surface area contributed by atoms with Crippen molar-refractivity contribution in [2.24, 2.45) is 4.99 Å². The van der Waals surface area contributed by atoms with Crippen LogP contribution in [0.15, 0.2) is 47.5 Å². The van der Waals surface area contributed by atoms with E-state index >= 15 is 0 Å². The fourth-order valence-electron chi connectivity index (χ4n) is 2.68. The summed E-state index contributed by atoms with van der Waals surface area (Å²) in [6.07, 6.45) is 2.64. The van der Waals surface area contributed by atoms with Crippen molar-refractivity contribution >= 4 is 34.2 Å². The Morgan fingerprint density at radius 3 is 2.88 bits per heavy atom. The minimum atomic E-state index is -0.442. The number of ether oxygens (including phenoxy) is 1. The molecule has 0 aromatic heterocycles. The van der Waals surface area contributed by atoms with E-state index < -0.39 is 5.82 Å². The summed E-state index contributed by atoms with van der Waals surface area (Å²) in [6.45, 7) is 0. The lowest BCUT2D eigenvalue weighted by Gasteiger charge is -2.11. The Balaban J connectivity index is 1.67. The van der Waals surface area contributed by atoms with Gasteiger partial charge in [-0.3, -0.25) is 0 Å². The van der Waals surface area contributed by atoms with Gasteiger partial charge in [0.2, 0.25) is 0 Å². The first-order valence-electron chi connectivity index (χ1n) is 8.08. The number of aliphatic imine (C=N–C) groups is 1. The largest absolute Gasteiger partial charge is 0.497 e. The Labute approximate surface area is 161 Å². The second-order valence-electron chi connectivity index (χ2n) is 5.76. The molecule has 0 aliphatic carbocycles. The molecule has 8 heteroatoms. The fraction of sp³-hybridized carbons (Fsp3) is 0.278. The fourth-order valence-corrected chi connectivity index (χ4v) is 3.31. The minimum Gasteiger partial charge on any atom is -0.497 e. The average Bonchev–Trinajstić information content (AvgIpc) is 3.13. The van der Waals surface area contributed by atoms with Crippen molar-refractivity contribution in [1.29, 1.82) is 0 Å². The highest BCUT2D eigenvalue weighted by Crippen LogP contribution is 2.26. The predicted octanol–water partition coefficient (Wildman–Crippen LogP) is 4.18. The van der Waals surface area contributed by atoms with Gasteiger partial charge < -0.3 is 10.1 Å². The van der Waals surface area contributed by atoms with Gasteiger partial charge in [-0.2, -0.15) is 0 Å². The van der Waals surface area contributed by atoms with E-state index in [1.807, 2.05) is 24.5 Å². The van der Waals surface area contributed by atoms with E-state index in [4.69, 9.17) is 16.3 Å². The van der Waals surface area contributed by atoms with Gasteiger partial charge in [0.25, 0.3) is 0 Å². The summed E-state index contributed by atoms with van der Waals surface area (Å²) in [6, 6.07) is 12.6. The quantitative estimate of drug-likeness (QED) is 0.536. The topological polar surface area (TPSA) is 57.7 Å². The monoisotopic (exact) mass is 394 g/mol. The molecule has 1 aliphatic heterocycles. The molecule has 26 heavy (non-hydrogen) atoms. The molecule has 0 radical (unpaired) electrons. The first-order chi connectivity index (χ1) is 12.6. The molecule has 0 spiro atoms. The third-order valence-corrected chi connectivity index (χ3v) is 4.90. The van der Waals surface area contributed by atoms with Crippen molar-refractivity contribution in [3.8, 4) is 5.75 Å². The molecule has 0 bridgehead atoms. The highest BCUT2D eigenvalue weighted by molar-refractivity contribution is 8.13. The number of halogens is 2. The average molecular weight is 395 g/mol. The van der Waals surface area contributed by atoms with Gasteiger partial charge in [0.15, 0.2) is 5.17 Å². The molecule has 1 heterocycles. The Morgan fingerprint density at radius 2 is 2.15 bits per heavy atom. The maximum Gasteiger partial charge on any atom is 0.162 e. The number of hydrogen-bond donors (Lipinski definition) is 3. The lowest BCUT2D eigenvalue weighted by Crippen LogP contribution is -2.30. The van der Waals surface area contributed by atoms with E-state index in [-0.39, 0.29) is 17.2 Å². The van der Waals surface area contributed by atoms with Gasteiger partial charge >= 0.3 is 0 Å². The van der Waals surface area contributed by atoms with E-state index in [9.17, 15) is 4.39 Å². The SMILES string of the molecule is COc1cccc(C2CC(/N=C(/Nc3ccc(F)c(Cl)c3)SC)NN2)c1. The molecule has 3 N–H and O–H groups in total. The molecule has 1 saturated heterocycles. The van der Waals surface area contributed by atoms with E-state index in [0.29, 0.717) is 5.69 Å². The lowest BCUT2D eigenvalue weighted by atomic mass is 10.0. The van der Waals surface area contributed by atoms with Gasteiger partial charge in [-0.15, -0.1) is 0 Å². The van der Waals surface area contributed by atoms with Gasteiger partial charge in [0.1, 0.15) is 17.7 Å². The zero-order valence-corrected chi connectivity index (χ0v) is 16.0. The molecule has 3 rings (SSSR count). The lowest BCUT2D eigenvalue weighted by molar-refractivity contribution is 0.413. The number of nitrogens with zero attached hydrogens (tertiary/aromatic N) is 1. The minimum absolute atomic E-state index is 0.0780. The number of hydrogen-bond acceptors (Lipinski definition) is 5. The van der Waals surface area contributed by atoms with E-state index in [1.54, 1.807) is 19.2 Å². The van der Waals surface area contributed by atoms with E-state index in [1.165, 1.54) is 17.8 Å². The van der Waals surface area contributed by atoms with E-state index in [2.05, 4.69) is 27.2 Å². The standard InChI is InChI=1S/C18H20ClFN4OS/c1-25-13-5-3-4-11(8-13)16-10-17(24-23-16)22-18(26-2)21-12-6-7-15(20)14(19)9-12/h3-9,16-17,23-24H,10H2,1-2H3,(H,21,22). The molecule has 0 saturated carbocycles. The van der Waals surface area contributed by atoms with Crippen LogP contribution in [0.5, 0.6) is 5.75 Å². The van der Waals surface area contributed by atoms with Crippen LogP contribution in [-0.2, 0) is 0 Å². The summed E-state index contributed by atoms with van der Waals surface area (Å²) in [5.41, 5.74) is 8.29. The molecule has 0 amide bonds. The van der Waals surface area contributed by atoms with Crippen molar-refractivity contribution in [3.63, 3.8) is 0 Å². The summed E-state index contributed by atoms with van der Waals surface area (Å²) in [5.74, 6) is 0.388. The van der Waals surface area contributed by atoms with Crippen LogP contribution in [0, 0.1) is 5.82 Å². The predicted molar refractivity (Wildman–Crippen MR) is 106 cm³/mol. The molecule has 2 aromatic rings. The second kappa shape index (κ2) is 8.73. The Morgan fingerprint density at radius 1 is 1.31 bits per heavy atom. The molecular formula is C18H20ClFN4OS. The first-order valence-corrected chi connectivity index (χ1v) is 9.68. The summed E-state index contributed by atoms with van der Waals surface area (Å²) in [5, 5.41) is 3.97. The van der Waals surface area contributed by atoms with Crippen LogP contribution >= 0.6 is 23.4 Å². The van der Waals surface area contributed by atoms with Crippen molar-refractivity contribution in [3.05, 3.63) is 58.9 Å². The highest BCUT2D eigenvalue weighted by atomic mass is 35.5. The van der Waals surface area contributed by atoms with Crippen LogP contribution < -0.4 is 20.9 Å². The van der Waals surface area contributed by atoms with Crippen LogP contribution in [0.4, 0.5) is 10.1 Å². The van der Waals surface area contributed by atoms with Crippen molar-refractivity contribution in [1.82, 2.24) is 10.9 Å². The third-order valence-electron chi connectivity index (χ3n) is 4.02. The number of rotatable bonds is 4. The summed E-state index contributed by atoms with van der Waals surface area (Å²) >= 11 is 7.31. The van der Waals surface area contributed by atoms with Crippen LogP contribution in [0.2, 0.25) is 5.02 Å². The van der Waals surface area contributed by atoms with Crippen LogP contribution in [-0.4, -0.2) is 24.7 Å². The van der Waals surface area contributed by atoms with Crippen molar-refractivity contribution in [2.45, 2.75) is 18.6 Å². The number of amidine groups is 1. The number of hydrazine groups is 1. The number of anilines is 1. The summed E-state index contributed by atoms with van der Waals surface area (Å²) in [7, 11) is 1.66. The molecule has 5 nitrogen and oxygen atoms in total. The number of methoxy groups -OCH3 is 1. The maximum absolute atomic E-state index is 13.3. The van der Waals surface area contributed by atoms with Crippen molar-refractivity contribution < 1.29 is 9.13 Å². The van der Waals surface area contributed by atoms with Gasteiger partial charge in [-0.25, -0.2) is 20.2 Å². The highest BCUT2D eigenvalue weighted by Gasteiger charge is 2.25. The Kier molecular flexibility index (Phi) is 6.37. The van der Waals surface area contributed by atoms with Gasteiger partial charge in [-0.05, 0) is 42.2 Å².